The fraction of sp³-hybridized carbons (Fsp3) is 0.333. The quantitative estimate of drug-likeness (QED) is 0.621. The monoisotopic (exact) mass is 196 g/mol. The smallest absolute Gasteiger partial charge is 0.113 e. The first-order chi connectivity index (χ1) is 7.24. The molecule has 3 heteroatoms. The maximum absolute atomic E-state index is 5.82. The number of H-pyrrole nitrogens is 1. The number of nitrogens with one attached hydrogen (secondary N) is 1. The van der Waals surface area contributed by atoms with E-state index in [0.717, 1.165) is 25.0 Å². The average Bonchev–Trinajstić information content (AvgIpc) is 2.56. The summed E-state index contributed by atoms with van der Waals surface area (Å²) in [6.45, 7) is 2.16. The Morgan fingerprint density at radius 2 is 2.27 bits per heavy atom. The first-order valence-corrected chi connectivity index (χ1v) is 5.31. The van der Waals surface area contributed by atoms with Crippen molar-refractivity contribution >= 4 is 24.2 Å². The maximum Gasteiger partial charge on any atom is 0.113 e. The van der Waals surface area contributed by atoms with Gasteiger partial charge in [0, 0.05) is 36.1 Å². The van der Waals surface area contributed by atoms with Gasteiger partial charge in [0.2, 0.25) is 0 Å². The van der Waals surface area contributed by atoms with E-state index in [1.807, 2.05) is 6.07 Å². The number of aromatic amines is 1. The van der Waals surface area contributed by atoms with Gasteiger partial charge in [-0.2, -0.15) is 0 Å². The van der Waals surface area contributed by atoms with Crippen LogP contribution in [0.3, 0.4) is 0 Å². The number of nitrogens with zero attached hydrogens (tertiary/aromatic N) is 1. The number of likely N-dealkylation sites (N-methyl/N-ethyl adjacent to an activating group) is 1. The zero-order valence-electron chi connectivity index (χ0n) is 8.88. The van der Waals surface area contributed by atoms with Crippen molar-refractivity contribution in [1.82, 2.24) is 9.88 Å². The van der Waals surface area contributed by atoms with E-state index in [0.29, 0.717) is 0 Å². The van der Waals surface area contributed by atoms with Crippen LogP contribution in [0.4, 0.5) is 0 Å². The van der Waals surface area contributed by atoms with E-state index >= 15 is 0 Å². The first-order valence-electron chi connectivity index (χ1n) is 5.31. The zero-order chi connectivity index (χ0) is 10.4. The van der Waals surface area contributed by atoms with Crippen molar-refractivity contribution in [3.05, 3.63) is 29.5 Å². The molecule has 0 spiro atoms. The highest BCUT2D eigenvalue weighted by Crippen LogP contribution is 2.26. The van der Waals surface area contributed by atoms with Crippen LogP contribution in [0, 0.1) is 0 Å². The Morgan fingerprint density at radius 1 is 1.40 bits per heavy atom. The minimum Gasteiger partial charge on any atom is -0.358 e. The Bertz CT molecular complexity index is 516. The van der Waals surface area contributed by atoms with E-state index in [9.17, 15) is 0 Å². The normalized spacial score (nSPS) is 16.9. The van der Waals surface area contributed by atoms with Crippen molar-refractivity contribution in [3.63, 3.8) is 0 Å². The van der Waals surface area contributed by atoms with Crippen molar-refractivity contribution in [3.8, 4) is 0 Å². The second kappa shape index (κ2) is 3.14. The van der Waals surface area contributed by atoms with Crippen LogP contribution in [0.5, 0.6) is 0 Å². The molecule has 2 radical (unpaired) electrons. The lowest BCUT2D eigenvalue weighted by molar-refractivity contribution is 0.313. The van der Waals surface area contributed by atoms with Crippen molar-refractivity contribution in [1.29, 1.82) is 0 Å². The van der Waals surface area contributed by atoms with Gasteiger partial charge >= 0.3 is 0 Å². The van der Waals surface area contributed by atoms with Gasteiger partial charge < -0.3 is 9.88 Å². The topological polar surface area (TPSA) is 19.0 Å². The molecule has 15 heavy (non-hydrogen) atoms. The van der Waals surface area contributed by atoms with E-state index in [1.165, 1.54) is 22.2 Å². The molecule has 0 aliphatic carbocycles. The molecular weight excluding hydrogens is 183 g/mol. The fourth-order valence-electron chi connectivity index (χ4n) is 2.37. The van der Waals surface area contributed by atoms with E-state index in [2.05, 4.69) is 29.1 Å². The standard InChI is InChI=1S/C12H13BN2/c1-15-5-4-12-10(7-15)9-6-8(13)2-3-11(9)14-12/h2-3,6,14H,4-5,7H2,1H3. The molecule has 0 saturated carbocycles. The third-order valence-electron chi connectivity index (χ3n) is 3.19. The molecule has 1 aliphatic rings. The summed E-state index contributed by atoms with van der Waals surface area (Å²) in [6, 6.07) is 6.10. The van der Waals surface area contributed by atoms with Gasteiger partial charge in [-0.1, -0.05) is 17.6 Å². The van der Waals surface area contributed by atoms with Crippen molar-refractivity contribution < 1.29 is 0 Å². The molecular formula is C12H13BN2. The minimum atomic E-state index is 0.845. The molecule has 0 fully saturated rings. The summed E-state index contributed by atoms with van der Waals surface area (Å²) in [4.78, 5) is 5.83. The molecule has 0 unspecified atom stereocenters. The highest BCUT2D eigenvalue weighted by atomic mass is 15.1. The molecule has 1 aromatic heterocycles. The summed E-state index contributed by atoms with van der Waals surface area (Å²) in [5, 5.41) is 1.29. The molecule has 2 nitrogen and oxygen atoms in total. The summed E-state index contributed by atoms with van der Waals surface area (Å²) in [7, 11) is 7.98. The number of fused-ring (bicyclic) bond motifs is 3. The molecule has 2 heterocycles. The second-order valence-corrected chi connectivity index (χ2v) is 4.37. The molecule has 2 aromatic rings. The van der Waals surface area contributed by atoms with E-state index in [1.54, 1.807) is 0 Å². The third kappa shape index (κ3) is 1.38. The van der Waals surface area contributed by atoms with Crippen LogP contribution in [-0.4, -0.2) is 31.3 Å². The molecule has 1 aliphatic heterocycles. The SMILES string of the molecule is [B]c1ccc2[nH]c3c(c2c1)CN(C)CC3. The van der Waals surface area contributed by atoms with Crippen LogP contribution < -0.4 is 5.46 Å². The van der Waals surface area contributed by atoms with Crippen LogP contribution in [0.25, 0.3) is 10.9 Å². The molecule has 1 N–H and O–H groups in total. The maximum atomic E-state index is 5.82. The Morgan fingerprint density at radius 3 is 3.13 bits per heavy atom. The number of benzene rings is 1. The molecule has 0 saturated heterocycles. The molecule has 0 atom stereocenters. The summed E-state index contributed by atoms with van der Waals surface area (Å²) in [6.07, 6.45) is 1.11. The Kier molecular flexibility index (Phi) is 1.89. The number of hydrogen-bond donors (Lipinski definition) is 1. The lowest BCUT2D eigenvalue weighted by Crippen LogP contribution is -2.26. The third-order valence-corrected chi connectivity index (χ3v) is 3.19. The minimum absolute atomic E-state index is 0.845. The highest BCUT2D eigenvalue weighted by Gasteiger charge is 2.17. The number of rotatable bonds is 0. The average molecular weight is 196 g/mol. The van der Waals surface area contributed by atoms with Gasteiger partial charge in [0.15, 0.2) is 0 Å². The number of hydrogen-bond acceptors (Lipinski definition) is 1. The van der Waals surface area contributed by atoms with Gasteiger partial charge in [-0.05, 0) is 18.7 Å². The second-order valence-electron chi connectivity index (χ2n) is 4.37. The van der Waals surface area contributed by atoms with Gasteiger partial charge in [-0.25, -0.2) is 0 Å². The van der Waals surface area contributed by atoms with Crippen molar-refractivity contribution in [2.75, 3.05) is 13.6 Å². The van der Waals surface area contributed by atoms with Crippen LogP contribution in [-0.2, 0) is 13.0 Å². The largest absolute Gasteiger partial charge is 0.358 e. The highest BCUT2D eigenvalue weighted by molar-refractivity contribution is 6.33. The molecule has 0 amide bonds. The van der Waals surface area contributed by atoms with Gasteiger partial charge in [-0.3, -0.25) is 0 Å². The van der Waals surface area contributed by atoms with E-state index in [-0.39, 0.29) is 0 Å². The lowest BCUT2D eigenvalue weighted by Gasteiger charge is -2.22. The molecule has 1 aromatic carbocycles. The predicted molar refractivity (Wildman–Crippen MR) is 63.7 cm³/mol. The predicted octanol–water partition coefficient (Wildman–Crippen LogP) is 0.950. The van der Waals surface area contributed by atoms with Crippen LogP contribution in [0.1, 0.15) is 11.3 Å². The summed E-state index contributed by atoms with van der Waals surface area (Å²) >= 11 is 0. The molecule has 0 bridgehead atoms. The van der Waals surface area contributed by atoms with E-state index < -0.39 is 0 Å². The molecule has 74 valence electrons. The zero-order valence-corrected chi connectivity index (χ0v) is 8.88. The van der Waals surface area contributed by atoms with Crippen LogP contribution >= 0.6 is 0 Å². The van der Waals surface area contributed by atoms with Gasteiger partial charge in [-0.15, -0.1) is 0 Å². The first kappa shape index (κ1) is 9.04. The lowest BCUT2D eigenvalue weighted by atomic mass is 9.93. The Balaban J connectivity index is 2.25. The fourth-order valence-corrected chi connectivity index (χ4v) is 2.37. The van der Waals surface area contributed by atoms with E-state index in [4.69, 9.17) is 7.85 Å². The summed E-state index contributed by atoms with van der Waals surface area (Å²) in [5.41, 5.74) is 4.86. The van der Waals surface area contributed by atoms with Crippen molar-refractivity contribution in [2.24, 2.45) is 0 Å². The summed E-state index contributed by atoms with van der Waals surface area (Å²) in [5.74, 6) is 0. The Hall–Kier alpha value is -1.22. The Labute approximate surface area is 90.7 Å². The van der Waals surface area contributed by atoms with Gasteiger partial charge in [0.25, 0.3) is 0 Å². The number of aromatic nitrogens is 1. The van der Waals surface area contributed by atoms with Crippen molar-refractivity contribution in [2.45, 2.75) is 13.0 Å². The van der Waals surface area contributed by atoms with Gasteiger partial charge in [0.1, 0.15) is 7.85 Å². The van der Waals surface area contributed by atoms with Gasteiger partial charge in [0.05, 0.1) is 0 Å². The van der Waals surface area contributed by atoms with Crippen LogP contribution in [0.15, 0.2) is 18.2 Å². The van der Waals surface area contributed by atoms with Crippen LogP contribution in [0.2, 0.25) is 0 Å². The summed E-state index contributed by atoms with van der Waals surface area (Å²) < 4.78 is 0. The molecule has 3 rings (SSSR count).